The summed E-state index contributed by atoms with van der Waals surface area (Å²) >= 11 is 0. The second-order valence-corrected chi connectivity index (χ2v) is 6.29. The van der Waals surface area contributed by atoms with Gasteiger partial charge in [-0.05, 0) is 45.4 Å². The molecule has 18 heavy (non-hydrogen) atoms. The van der Waals surface area contributed by atoms with Crippen LogP contribution in [0.1, 0.15) is 69.6 Å². The minimum absolute atomic E-state index is 0.293. The Morgan fingerprint density at radius 3 is 2.39 bits per heavy atom. The fourth-order valence-electron chi connectivity index (χ4n) is 3.38. The van der Waals surface area contributed by atoms with E-state index in [2.05, 4.69) is 28.6 Å². The summed E-state index contributed by atoms with van der Waals surface area (Å²) in [6.07, 6.45) is 9.01. The highest BCUT2D eigenvalue weighted by Gasteiger charge is 2.44. The van der Waals surface area contributed by atoms with E-state index in [1.165, 1.54) is 44.9 Å². The van der Waals surface area contributed by atoms with Crippen molar-refractivity contribution in [2.24, 2.45) is 11.7 Å². The van der Waals surface area contributed by atoms with Crippen LogP contribution >= 0.6 is 0 Å². The Labute approximate surface area is 109 Å². The molecule has 100 valence electrons. The molecule has 0 saturated heterocycles. The number of aryl methyl sites for hydroxylation is 1. The van der Waals surface area contributed by atoms with Crippen molar-refractivity contribution in [2.75, 3.05) is 0 Å². The molecule has 0 bridgehead atoms. The maximum Gasteiger partial charge on any atom is 0.153 e. The van der Waals surface area contributed by atoms with Crippen molar-refractivity contribution in [3.05, 3.63) is 11.6 Å². The van der Waals surface area contributed by atoms with Crippen LogP contribution in [0.15, 0.2) is 0 Å². The summed E-state index contributed by atoms with van der Waals surface area (Å²) in [6.45, 7) is 4.20. The zero-order valence-corrected chi connectivity index (χ0v) is 11.5. The first-order chi connectivity index (χ1) is 8.60. The van der Waals surface area contributed by atoms with Crippen molar-refractivity contribution in [3.8, 4) is 0 Å². The molecule has 2 N–H and O–H groups in total. The van der Waals surface area contributed by atoms with Crippen molar-refractivity contribution >= 4 is 0 Å². The van der Waals surface area contributed by atoms with Gasteiger partial charge in [0.25, 0.3) is 0 Å². The summed E-state index contributed by atoms with van der Waals surface area (Å²) in [7, 11) is 0. The van der Waals surface area contributed by atoms with Gasteiger partial charge < -0.3 is 10.3 Å². The first-order valence-corrected chi connectivity index (χ1v) is 7.31. The van der Waals surface area contributed by atoms with Crippen LogP contribution in [0, 0.1) is 12.8 Å². The molecule has 1 aromatic heterocycles. The van der Waals surface area contributed by atoms with E-state index in [1.54, 1.807) is 0 Å². The molecule has 1 atom stereocenters. The SMILES string of the molecule is Cc1nnc(C(C)(N)C2CC2)n1C1CCCCC1. The van der Waals surface area contributed by atoms with Gasteiger partial charge in [0.05, 0.1) is 5.54 Å². The van der Waals surface area contributed by atoms with Crippen LogP contribution in [-0.4, -0.2) is 14.8 Å². The van der Waals surface area contributed by atoms with Gasteiger partial charge in [0.1, 0.15) is 5.82 Å². The van der Waals surface area contributed by atoms with Gasteiger partial charge >= 0.3 is 0 Å². The first-order valence-electron chi connectivity index (χ1n) is 7.31. The molecule has 2 aliphatic carbocycles. The molecule has 0 aromatic carbocycles. The van der Waals surface area contributed by atoms with Crippen molar-refractivity contribution < 1.29 is 0 Å². The summed E-state index contributed by atoms with van der Waals surface area (Å²) in [5, 5.41) is 8.71. The maximum atomic E-state index is 6.54. The van der Waals surface area contributed by atoms with Crippen LogP contribution in [0.25, 0.3) is 0 Å². The van der Waals surface area contributed by atoms with Gasteiger partial charge in [0, 0.05) is 6.04 Å². The Bertz CT molecular complexity index is 425. The summed E-state index contributed by atoms with van der Waals surface area (Å²) < 4.78 is 2.34. The van der Waals surface area contributed by atoms with Crippen LogP contribution in [0.3, 0.4) is 0 Å². The fourth-order valence-corrected chi connectivity index (χ4v) is 3.38. The third-order valence-electron chi connectivity index (χ3n) is 4.71. The Hall–Kier alpha value is -0.900. The molecular weight excluding hydrogens is 224 g/mol. The van der Waals surface area contributed by atoms with Gasteiger partial charge in [-0.1, -0.05) is 19.3 Å². The predicted octanol–water partition coefficient (Wildman–Crippen LogP) is 2.68. The quantitative estimate of drug-likeness (QED) is 0.894. The smallest absolute Gasteiger partial charge is 0.153 e. The molecule has 0 spiro atoms. The second-order valence-electron chi connectivity index (χ2n) is 6.29. The lowest BCUT2D eigenvalue weighted by Gasteiger charge is -2.30. The standard InChI is InChI=1S/C14H24N4/c1-10-16-17-13(14(2,15)11-8-9-11)18(10)12-6-4-3-5-7-12/h11-12H,3-9,15H2,1-2H3. The third-order valence-corrected chi connectivity index (χ3v) is 4.71. The number of hydrogen-bond donors (Lipinski definition) is 1. The number of aromatic nitrogens is 3. The number of rotatable bonds is 3. The Balaban J connectivity index is 1.94. The molecule has 2 saturated carbocycles. The van der Waals surface area contributed by atoms with E-state index >= 15 is 0 Å². The molecule has 1 aromatic rings. The topological polar surface area (TPSA) is 56.7 Å². The van der Waals surface area contributed by atoms with Crippen LogP contribution < -0.4 is 5.73 Å². The van der Waals surface area contributed by atoms with Gasteiger partial charge in [-0.25, -0.2) is 0 Å². The largest absolute Gasteiger partial charge is 0.319 e. The Morgan fingerprint density at radius 1 is 1.11 bits per heavy atom. The fraction of sp³-hybridized carbons (Fsp3) is 0.857. The molecule has 0 radical (unpaired) electrons. The third kappa shape index (κ3) is 1.96. The summed E-state index contributed by atoms with van der Waals surface area (Å²) in [4.78, 5) is 0. The van der Waals surface area contributed by atoms with Gasteiger partial charge in [-0.15, -0.1) is 10.2 Å². The average molecular weight is 248 g/mol. The van der Waals surface area contributed by atoms with Crippen LogP contribution in [0.4, 0.5) is 0 Å². The van der Waals surface area contributed by atoms with Crippen molar-refractivity contribution in [1.29, 1.82) is 0 Å². The van der Waals surface area contributed by atoms with Crippen molar-refractivity contribution in [1.82, 2.24) is 14.8 Å². The van der Waals surface area contributed by atoms with E-state index in [1.807, 2.05) is 0 Å². The molecule has 0 amide bonds. The maximum absolute atomic E-state index is 6.54. The van der Waals surface area contributed by atoms with Crippen LogP contribution in [0.5, 0.6) is 0 Å². The normalized spacial score (nSPS) is 25.1. The molecule has 3 rings (SSSR count). The minimum atomic E-state index is -0.293. The first kappa shape index (κ1) is 12.2. The summed E-state index contributed by atoms with van der Waals surface area (Å²) in [5.41, 5.74) is 6.25. The lowest BCUT2D eigenvalue weighted by Crippen LogP contribution is -2.39. The lowest BCUT2D eigenvalue weighted by atomic mass is 9.92. The van der Waals surface area contributed by atoms with Gasteiger partial charge in [-0.2, -0.15) is 0 Å². The molecule has 1 unspecified atom stereocenters. The lowest BCUT2D eigenvalue weighted by molar-refractivity contribution is 0.304. The van der Waals surface area contributed by atoms with Crippen molar-refractivity contribution in [2.45, 2.75) is 70.4 Å². The van der Waals surface area contributed by atoms with Gasteiger partial charge in [-0.3, -0.25) is 0 Å². The van der Waals surface area contributed by atoms with E-state index in [0.29, 0.717) is 12.0 Å². The zero-order valence-electron chi connectivity index (χ0n) is 11.5. The van der Waals surface area contributed by atoms with E-state index in [-0.39, 0.29) is 5.54 Å². The average Bonchev–Trinajstić information content (AvgIpc) is 3.14. The molecular formula is C14H24N4. The van der Waals surface area contributed by atoms with E-state index in [4.69, 9.17) is 5.73 Å². The summed E-state index contributed by atoms with van der Waals surface area (Å²) in [5.74, 6) is 2.66. The van der Waals surface area contributed by atoms with E-state index in [9.17, 15) is 0 Å². The zero-order chi connectivity index (χ0) is 12.8. The molecule has 4 nitrogen and oxygen atoms in total. The van der Waals surface area contributed by atoms with Crippen molar-refractivity contribution in [3.63, 3.8) is 0 Å². The number of nitrogens with two attached hydrogens (primary N) is 1. The van der Waals surface area contributed by atoms with Gasteiger partial charge in [0.15, 0.2) is 5.82 Å². The van der Waals surface area contributed by atoms with Crippen LogP contribution in [0.2, 0.25) is 0 Å². The highest BCUT2D eigenvalue weighted by atomic mass is 15.3. The number of nitrogens with zero attached hydrogens (tertiary/aromatic N) is 3. The Morgan fingerprint density at radius 2 is 1.78 bits per heavy atom. The monoisotopic (exact) mass is 248 g/mol. The van der Waals surface area contributed by atoms with Crippen LogP contribution in [-0.2, 0) is 5.54 Å². The predicted molar refractivity (Wildman–Crippen MR) is 71.1 cm³/mol. The highest BCUT2D eigenvalue weighted by molar-refractivity contribution is 5.13. The Kier molecular flexibility index (Phi) is 2.93. The molecule has 0 aliphatic heterocycles. The molecule has 2 aliphatic rings. The number of hydrogen-bond acceptors (Lipinski definition) is 3. The van der Waals surface area contributed by atoms with Gasteiger partial charge in [0.2, 0.25) is 0 Å². The summed E-state index contributed by atoms with van der Waals surface area (Å²) in [6, 6.07) is 0.574. The minimum Gasteiger partial charge on any atom is -0.319 e. The van der Waals surface area contributed by atoms with E-state index in [0.717, 1.165) is 11.6 Å². The second kappa shape index (κ2) is 4.34. The molecule has 4 heteroatoms. The molecule has 1 heterocycles. The highest BCUT2D eigenvalue weighted by Crippen LogP contribution is 2.44. The molecule has 2 fully saturated rings. The van der Waals surface area contributed by atoms with E-state index < -0.39 is 0 Å².